The summed E-state index contributed by atoms with van der Waals surface area (Å²) in [6.07, 6.45) is 7.24. The number of nitro groups is 2. The lowest BCUT2D eigenvalue weighted by atomic mass is 10.2. The van der Waals surface area contributed by atoms with Gasteiger partial charge in [-0.3, -0.25) is 25.2 Å². The molecule has 0 spiro atoms. The summed E-state index contributed by atoms with van der Waals surface area (Å²) in [5.74, 6) is 0. The lowest BCUT2D eigenvalue weighted by Crippen LogP contribution is -1.98. The van der Waals surface area contributed by atoms with E-state index in [1.165, 1.54) is 12.1 Å². The van der Waals surface area contributed by atoms with Crippen LogP contribution in [0.25, 0.3) is 21.8 Å². The Kier molecular flexibility index (Phi) is 5.39. The molecule has 31 heavy (non-hydrogen) atoms. The van der Waals surface area contributed by atoms with Gasteiger partial charge >= 0.3 is 0 Å². The average Bonchev–Trinajstić information content (AvgIpc) is 3.41. The van der Waals surface area contributed by atoms with Gasteiger partial charge in [-0.2, -0.15) is 0 Å². The largest absolute Gasteiger partial charge is 0.361 e. The van der Waals surface area contributed by atoms with E-state index in [1.54, 1.807) is 36.7 Å². The second-order valence-corrected chi connectivity index (χ2v) is 6.81. The van der Waals surface area contributed by atoms with E-state index in [4.69, 9.17) is 0 Å². The minimum atomic E-state index is -0.396. The molecule has 1 N–H and O–H groups in total. The maximum Gasteiger partial charge on any atom is 0.270 e. The summed E-state index contributed by atoms with van der Waals surface area (Å²) in [4.78, 5) is 27.4. The quantitative estimate of drug-likeness (QED) is 0.325. The van der Waals surface area contributed by atoms with Crippen LogP contribution in [0.5, 0.6) is 0 Å². The number of nitro benzene ring substituents is 2. The van der Waals surface area contributed by atoms with Crippen LogP contribution in [0.4, 0.5) is 11.4 Å². The first-order valence-electron chi connectivity index (χ1n) is 9.35. The number of fused-ring (bicyclic) bond motifs is 2. The van der Waals surface area contributed by atoms with Gasteiger partial charge in [0.2, 0.25) is 0 Å². The fourth-order valence-corrected chi connectivity index (χ4v) is 3.28. The zero-order valence-electron chi connectivity index (χ0n) is 16.2. The van der Waals surface area contributed by atoms with E-state index in [-0.39, 0.29) is 16.3 Å². The van der Waals surface area contributed by atoms with E-state index in [0.717, 1.165) is 27.4 Å². The van der Waals surface area contributed by atoms with Gasteiger partial charge in [-0.25, -0.2) is 0 Å². The SMILES string of the molecule is O=[N+]([O-])c1ccc2[nH]ccc2c1.O=[N+]([O-])c1ccc2c(ccn2Cc2cccnc2)c1. The highest BCUT2D eigenvalue weighted by molar-refractivity contribution is 5.83. The van der Waals surface area contributed by atoms with Gasteiger partial charge in [0.05, 0.1) is 9.85 Å². The van der Waals surface area contributed by atoms with E-state index >= 15 is 0 Å². The van der Waals surface area contributed by atoms with Gasteiger partial charge in [0.1, 0.15) is 0 Å². The number of aromatic amines is 1. The van der Waals surface area contributed by atoms with Crippen LogP contribution in [0, 0.1) is 20.2 Å². The maximum atomic E-state index is 10.7. The van der Waals surface area contributed by atoms with E-state index in [0.29, 0.717) is 6.54 Å². The van der Waals surface area contributed by atoms with Crippen molar-refractivity contribution in [1.29, 1.82) is 0 Å². The Labute approximate surface area is 175 Å². The number of H-pyrrole nitrogens is 1. The van der Waals surface area contributed by atoms with Crippen LogP contribution in [-0.2, 0) is 6.54 Å². The minimum absolute atomic E-state index is 0.117. The monoisotopic (exact) mass is 415 g/mol. The summed E-state index contributed by atoms with van der Waals surface area (Å²) in [5.41, 5.74) is 3.24. The van der Waals surface area contributed by atoms with Gasteiger partial charge in [0.15, 0.2) is 0 Å². The predicted molar refractivity (Wildman–Crippen MR) is 117 cm³/mol. The third-order valence-electron chi connectivity index (χ3n) is 4.79. The number of pyridine rings is 1. The van der Waals surface area contributed by atoms with Crippen molar-refractivity contribution in [1.82, 2.24) is 14.5 Å². The van der Waals surface area contributed by atoms with Crippen molar-refractivity contribution >= 4 is 33.2 Å². The van der Waals surface area contributed by atoms with E-state index in [1.807, 2.05) is 36.7 Å². The van der Waals surface area contributed by atoms with Crippen molar-refractivity contribution in [2.24, 2.45) is 0 Å². The molecule has 0 aliphatic rings. The summed E-state index contributed by atoms with van der Waals surface area (Å²) < 4.78 is 2.05. The van der Waals surface area contributed by atoms with Crippen LogP contribution in [-0.4, -0.2) is 24.4 Å². The van der Waals surface area contributed by atoms with Gasteiger partial charge in [0.25, 0.3) is 11.4 Å². The number of nitrogens with zero attached hydrogens (tertiary/aromatic N) is 4. The molecule has 0 saturated heterocycles. The first kappa shape index (κ1) is 19.8. The Morgan fingerprint density at radius 2 is 1.65 bits per heavy atom. The Hall–Kier alpha value is -4.53. The molecule has 9 heteroatoms. The molecule has 0 atom stereocenters. The van der Waals surface area contributed by atoms with Crippen LogP contribution in [0.3, 0.4) is 0 Å². The van der Waals surface area contributed by atoms with Crippen molar-refractivity contribution in [2.45, 2.75) is 6.54 Å². The maximum absolute atomic E-state index is 10.7. The average molecular weight is 415 g/mol. The van der Waals surface area contributed by atoms with Gasteiger partial charge in [-0.15, -0.1) is 0 Å². The fraction of sp³-hybridized carbons (Fsp3) is 0.0455. The molecule has 0 bridgehead atoms. The topological polar surface area (TPSA) is 120 Å². The zero-order valence-corrected chi connectivity index (χ0v) is 16.2. The zero-order chi connectivity index (χ0) is 21.8. The number of hydrogen-bond donors (Lipinski definition) is 1. The lowest BCUT2D eigenvalue weighted by molar-refractivity contribution is -0.384. The van der Waals surface area contributed by atoms with Gasteiger partial charge in [-0.1, -0.05) is 6.07 Å². The summed E-state index contributed by atoms with van der Waals surface area (Å²) in [5, 5.41) is 22.8. The highest BCUT2D eigenvalue weighted by Gasteiger charge is 2.09. The van der Waals surface area contributed by atoms with Crippen LogP contribution in [0.2, 0.25) is 0 Å². The normalized spacial score (nSPS) is 10.6. The molecule has 0 radical (unpaired) electrons. The third-order valence-corrected chi connectivity index (χ3v) is 4.79. The minimum Gasteiger partial charge on any atom is -0.361 e. The predicted octanol–water partition coefficient (Wildman–Crippen LogP) is 5.07. The smallest absolute Gasteiger partial charge is 0.270 e. The first-order valence-corrected chi connectivity index (χ1v) is 9.35. The molecule has 0 aliphatic carbocycles. The molecule has 0 saturated carbocycles. The molecule has 0 unspecified atom stereocenters. The molecular formula is C22H17N5O4. The van der Waals surface area contributed by atoms with E-state index in [9.17, 15) is 20.2 Å². The molecule has 9 nitrogen and oxygen atoms in total. The Balaban J connectivity index is 0.000000166. The summed E-state index contributed by atoms with van der Waals surface area (Å²) in [6.45, 7) is 0.704. The number of nitrogens with one attached hydrogen (secondary N) is 1. The number of benzene rings is 2. The van der Waals surface area contributed by atoms with Crippen LogP contribution >= 0.6 is 0 Å². The van der Waals surface area contributed by atoms with Gasteiger partial charge in [0, 0.05) is 77.4 Å². The van der Waals surface area contributed by atoms with Crippen LogP contribution in [0.1, 0.15) is 5.56 Å². The highest BCUT2D eigenvalue weighted by Crippen LogP contribution is 2.22. The molecule has 5 aromatic rings. The second-order valence-electron chi connectivity index (χ2n) is 6.81. The molecule has 3 heterocycles. The molecule has 2 aromatic carbocycles. The number of rotatable bonds is 4. The Bertz CT molecular complexity index is 1370. The van der Waals surface area contributed by atoms with Crippen LogP contribution < -0.4 is 0 Å². The van der Waals surface area contributed by atoms with Crippen molar-refractivity contribution in [2.75, 3.05) is 0 Å². The molecule has 5 rings (SSSR count). The summed E-state index contributed by atoms with van der Waals surface area (Å²) >= 11 is 0. The van der Waals surface area contributed by atoms with Crippen LogP contribution in [0.15, 0.2) is 85.5 Å². The van der Waals surface area contributed by atoms with Gasteiger partial charge in [-0.05, 0) is 35.9 Å². The molecule has 154 valence electrons. The van der Waals surface area contributed by atoms with E-state index < -0.39 is 4.92 Å². The van der Waals surface area contributed by atoms with Crippen molar-refractivity contribution in [3.05, 3.63) is 111 Å². The summed E-state index contributed by atoms with van der Waals surface area (Å²) in [6, 6.07) is 17.2. The number of non-ortho nitro benzene ring substituents is 2. The first-order chi connectivity index (χ1) is 15.0. The Morgan fingerprint density at radius 1 is 0.903 bits per heavy atom. The number of aromatic nitrogens is 3. The van der Waals surface area contributed by atoms with Crippen molar-refractivity contribution in [3.63, 3.8) is 0 Å². The number of hydrogen-bond acceptors (Lipinski definition) is 5. The lowest BCUT2D eigenvalue weighted by Gasteiger charge is -2.04. The molecule has 3 aromatic heterocycles. The molecular weight excluding hydrogens is 398 g/mol. The Morgan fingerprint density at radius 3 is 2.35 bits per heavy atom. The highest BCUT2D eigenvalue weighted by atomic mass is 16.6. The van der Waals surface area contributed by atoms with Crippen molar-refractivity contribution < 1.29 is 9.85 Å². The van der Waals surface area contributed by atoms with E-state index in [2.05, 4.69) is 14.5 Å². The standard InChI is InChI=1S/C14H11N3O2.C8H6N2O2/c18-17(19)13-3-4-14-12(8-13)5-7-16(14)10-11-2-1-6-15-9-11;11-10(12)7-1-2-8-6(5-7)3-4-9-8/h1-9H,10H2;1-5,9H. The second kappa shape index (κ2) is 8.46. The molecule has 0 fully saturated rings. The molecule has 0 amide bonds. The molecule has 0 aliphatic heterocycles. The summed E-state index contributed by atoms with van der Waals surface area (Å²) in [7, 11) is 0. The van der Waals surface area contributed by atoms with Gasteiger partial charge < -0.3 is 9.55 Å². The van der Waals surface area contributed by atoms with Crippen molar-refractivity contribution in [3.8, 4) is 0 Å². The fourth-order valence-electron chi connectivity index (χ4n) is 3.28. The third kappa shape index (κ3) is 4.40.